The maximum absolute atomic E-state index is 13.6. The van der Waals surface area contributed by atoms with E-state index in [9.17, 15) is 14.9 Å². The Morgan fingerprint density at radius 1 is 1.14 bits per heavy atom. The fourth-order valence-corrected chi connectivity index (χ4v) is 5.28. The summed E-state index contributed by atoms with van der Waals surface area (Å²) in [6.45, 7) is 2.17. The van der Waals surface area contributed by atoms with Crippen LogP contribution in [0.25, 0.3) is 0 Å². The van der Waals surface area contributed by atoms with Crippen LogP contribution in [0.2, 0.25) is 10.0 Å². The van der Waals surface area contributed by atoms with Gasteiger partial charge in [-0.25, -0.2) is 0 Å². The smallest absolute Gasteiger partial charge is 0.265 e. The molecule has 9 heteroatoms. The standard InChI is InChI=1S/C26H21Cl2N3O3S/c1-2-16-5-8-18(9-6-16)31-25(33)23(13-17-7-10-21(27)22(28)12-17)35-26(31)20(14-29)24(32)30-15-19-4-3-11-34-19/h3-12,23H,2,13,15H2,1H3,(H,30,32)/b26-20-. The molecular formula is C26H21Cl2N3O3S. The van der Waals surface area contributed by atoms with Gasteiger partial charge < -0.3 is 9.73 Å². The van der Waals surface area contributed by atoms with Crippen LogP contribution in [0.15, 0.2) is 75.9 Å². The number of anilines is 1. The molecule has 0 bridgehead atoms. The molecule has 0 spiro atoms. The zero-order valence-electron chi connectivity index (χ0n) is 18.8. The van der Waals surface area contributed by atoms with Crippen LogP contribution in [0.3, 0.4) is 0 Å². The molecule has 0 radical (unpaired) electrons. The van der Waals surface area contributed by atoms with Crippen LogP contribution in [0, 0.1) is 11.3 Å². The number of thioether (sulfide) groups is 1. The minimum atomic E-state index is -0.579. The zero-order valence-corrected chi connectivity index (χ0v) is 21.1. The quantitative estimate of drug-likeness (QED) is 0.307. The summed E-state index contributed by atoms with van der Waals surface area (Å²) in [6.07, 6.45) is 2.72. The van der Waals surface area contributed by atoms with Crippen molar-refractivity contribution in [2.24, 2.45) is 0 Å². The van der Waals surface area contributed by atoms with E-state index in [4.69, 9.17) is 27.6 Å². The molecule has 3 aromatic rings. The summed E-state index contributed by atoms with van der Waals surface area (Å²) >= 11 is 13.4. The molecule has 178 valence electrons. The highest BCUT2D eigenvalue weighted by molar-refractivity contribution is 8.05. The molecule has 1 aliphatic heterocycles. The van der Waals surface area contributed by atoms with Crippen molar-refractivity contribution >= 4 is 52.5 Å². The molecule has 1 aromatic heterocycles. The van der Waals surface area contributed by atoms with Crippen LogP contribution in [-0.4, -0.2) is 17.1 Å². The first-order valence-corrected chi connectivity index (χ1v) is 12.5. The van der Waals surface area contributed by atoms with Gasteiger partial charge in [0.05, 0.1) is 28.1 Å². The maximum atomic E-state index is 13.6. The van der Waals surface area contributed by atoms with Gasteiger partial charge in [-0.15, -0.1) is 0 Å². The molecular weight excluding hydrogens is 505 g/mol. The number of nitriles is 1. The predicted molar refractivity (Wildman–Crippen MR) is 138 cm³/mol. The van der Waals surface area contributed by atoms with Crippen LogP contribution in [-0.2, 0) is 29.0 Å². The number of rotatable bonds is 7. The lowest BCUT2D eigenvalue weighted by atomic mass is 10.1. The highest BCUT2D eigenvalue weighted by Crippen LogP contribution is 2.42. The zero-order chi connectivity index (χ0) is 24.9. The van der Waals surface area contributed by atoms with E-state index in [0.29, 0.717) is 32.9 Å². The van der Waals surface area contributed by atoms with Crippen molar-refractivity contribution in [2.75, 3.05) is 4.90 Å². The number of halogens is 2. The van der Waals surface area contributed by atoms with E-state index >= 15 is 0 Å². The molecule has 1 saturated heterocycles. The third-order valence-electron chi connectivity index (χ3n) is 5.52. The molecule has 6 nitrogen and oxygen atoms in total. The number of amides is 2. The molecule has 0 aliphatic carbocycles. The molecule has 1 N–H and O–H groups in total. The Kier molecular flexibility index (Phi) is 7.86. The highest BCUT2D eigenvalue weighted by atomic mass is 35.5. The number of nitrogens with zero attached hydrogens (tertiary/aromatic N) is 2. The van der Waals surface area contributed by atoms with Crippen LogP contribution in [0.5, 0.6) is 0 Å². The fourth-order valence-electron chi connectivity index (χ4n) is 3.65. The van der Waals surface area contributed by atoms with E-state index < -0.39 is 11.2 Å². The molecule has 2 aromatic carbocycles. The van der Waals surface area contributed by atoms with Crippen LogP contribution in [0.4, 0.5) is 5.69 Å². The van der Waals surface area contributed by atoms with Gasteiger partial charge in [-0.2, -0.15) is 5.26 Å². The summed E-state index contributed by atoms with van der Waals surface area (Å²) in [5.41, 5.74) is 2.40. The molecule has 2 amide bonds. The summed E-state index contributed by atoms with van der Waals surface area (Å²) in [7, 11) is 0. The van der Waals surface area contributed by atoms with Gasteiger partial charge in [0.25, 0.3) is 5.91 Å². The number of carbonyl (C=O) groups excluding carboxylic acids is 2. The van der Waals surface area contributed by atoms with Crippen molar-refractivity contribution in [2.45, 2.75) is 31.6 Å². The minimum absolute atomic E-state index is 0.126. The average molecular weight is 526 g/mol. The normalized spacial score (nSPS) is 16.8. The van der Waals surface area contributed by atoms with Crippen molar-refractivity contribution < 1.29 is 14.0 Å². The SMILES string of the molecule is CCc1ccc(N2C(=O)C(Cc3ccc(Cl)c(Cl)c3)S/C2=C(/C#N)C(=O)NCc2ccco2)cc1. The first kappa shape index (κ1) is 24.9. The van der Waals surface area contributed by atoms with Crippen LogP contribution in [0.1, 0.15) is 23.8 Å². The third kappa shape index (κ3) is 5.57. The summed E-state index contributed by atoms with van der Waals surface area (Å²) in [6, 6.07) is 18.2. The maximum Gasteiger partial charge on any atom is 0.265 e. The molecule has 35 heavy (non-hydrogen) atoms. The van der Waals surface area contributed by atoms with Gasteiger partial charge in [0.15, 0.2) is 0 Å². The number of benzene rings is 2. The topological polar surface area (TPSA) is 86.3 Å². The van der Waals surface area contributed by atoms with Crippen LogP contribution < -0.4 is 10.2 Å². The third-order valence-corrected chi connectivity index (χ3v) is 7.52. The average Bonchev–Trinajstić information content (AvgIpc) is 3.49. The lowest BCUT2D eigenvalue weighted by Crippen LogP contribution is -2.32. The van der Waals surface area contributed by atoms with E-state index in [1.807, 2.05) is 43.3 Å². The molecule has 1 fully saturated rings. The van der Waals surface area contributed by atoms with Crippen molar-refractivity contribution in [3.8, 4) is 6.07 Å². The number of hydrogen-bond donors (Lipinski definition) is 1. The van der Waals surface area contributed by atoms with Gasteiger partial charge in [0.2, 0.25) is 5.91 Å². The highest BCUT2D eigenvalue weighted by Gasteiger charge is 2.40. The van der Waals surface area contributed by atoms with E-state index in [1.165, 1.54) is 22.9 Å². The second-order valence-electron chi connectivity index (χ2n) is 7.81. The van der Waals surface area contributed by atoms with Gasteiger partial charge in [-0.1, -0.05) is 60.1 Å². The summed E-state index contributed by atoms with van der Waals surface area (Å²) in [5, 5.41) is 13.2. The second-order valence-corrected chi connectivity index (χ2v) is 9.81. The fraction of sp³-hybridized carbons (Fsp3) is 0.192. The lowest BCUT2D eigenvalue weighted by Gasteiger charge is -2.19. The number of carbonyl (C=O) groups is 2. The number of aryl methyl sites for hydroxylation is 1. The number of hydrogen-bond acceptors (Lipinski definition) is 5. The van der Waals surface area contributed by atoms with Crippen molar-refractivity contribution in [3.05, 3.63) is 98.4 Å². The van der Waals surface area contributed by atoms with Crippen molar-refractivity contribution in [1.82, 2.24) is 5.32 Å². The molecule has 0 saturated carbocycles. The Bertz CT molecular complexity index is 1310. The van der Waals surface area contributed by atoms with Gasteiger partial charge in [-0.3, -0.25) is 14.5 Å². The summed E-state index contributed by atoms with van der Waals surface area (Å²) < 4.78 is 5.25. The molecule has 1 unspecified atom stereocenters. The second kappa shape index (κ2) is 11.0. The predicted octanol–water partition coefficient (Wildman–Crippen LogP) is 5.89. The number of furan rings is 1. The Labute approximate surface area is 217 Å². The largest absolute Gasteiger partial charge is 0.467 e. The van der Waals surface area contributed by atoms with E-state index in [0.717, 1.165) is 17.5 Å². The summed E-state index contributed by atoms with van der Waals surface area (Å²) in [5.74, 6) is -0.239. The van der Waals surface area contributed by atoms with Gasteiger partial charge >= 0.3 is 0 Å². The first-order chi connectivity index (χ1) is 16.9. The molecule has 4 rings (SSSR count). The number of nitrogens with one attached hydrogen (secondary N) is 1. The molecule has 2 heterocycles. The van der Waals surface area contributed by atoms with Crippen LogP contribution >= 0.6 is 35.0 Å². The Morgan fingerprint density at radius 2 is 1.89 bits per heavy atom. The lowest BCUT2D eigenvalue weighted by molar-refractivity contribution is -0.117. The van der Waals surface area contributed by atoms with Crippen molar-refractivity contribution in [3.63, 3.8) is 0 Å². The van der Waals surface area contributed by atoms with E-state index in [2.05, 4.69) is 5.32 Å². The van der Waals surface area contributed by atoms with Gasteiger partial charge in [0.1, 0.15) is 22.4 Å². The van der Waals surface area contributed by atoms with Crippen molar-refractivity contribution in [1.29, 1.82) is 5.26 Å². The Morgan fingerprint density at radius 3 is 2.51 bits per heavy atom. The Hall–Kier alpha value is -3.18. The molecule has 1 aliphatic rings. The van der Waals surface area contributed by atoms with Gasteiger partial charge in [0, 0.05) is 5.69 Å². The molecule has 1 atom stereocenters. The Balaban J connectivity index is 1.68. The van der Waals surface area contributed by atoms with Gasteiger partial charge in [-0.05, 0) is 60.4 Å². The monoisotopic (exact) mass is 525 g/mol. The van der Waals surface area contributed by atoms with E-state index in [1.54, 1.807) is 24.3 Å². The summed E-state index contributed by atoms with van der Waals surface area (Å²) in [4.78, 5) is 28.0. The van der Waals surface area contributed by atoms with E-state index in [-0.39, 0.29) is 18.0 Å². The first-order valence-electron chi connectivity index (χ1n) is 10.9. The minimum Gasteiger partial charge on any atom is -0.467 e.